The van der Waals surface area contributed by atoms with E-state index in [1.165, 1.54) is 0 Å². The maximum Gasteiger partial charge on any atom is 0.124 e. The fraction of sp³-hybridized carbons (Fsp3) is 0.571. The third kappa shape index (κ3) is 1.09. The molecule has 2 N–H and O–H groups in total. The van der Waals surface area contributed by atoms with Crippen molar-refractivity contribution >= 4 is 5.82 Å². The Bertz CT molecular complexity index is 246. The second-order valence-electron chi connectivity index (χ2n) is 2.83. The molecule has 60 valence electrons. The van der Waals surface area contributed by atoms with Crippen LogP contribution in [0.1, 0.15) is 0 Å². The van der Waals surface area contributed by atoms with Gasteiger partial charge in [0, 0.05) is 31.7 Å². The number of anilines is 1. The first kappa shape index (κ1) is 6.67. The van der Waals surface area contributed by atoms with Gasteiger partial charge in [0.25, 0.3) is 0 Å². The van der Waals surface area contributed by atoms with Crippen LogP contribution in [0, 0.1) is 5.92 Å². The molecule has 2 rings (SSSR count). The molecule has 1 unspecified atom stereocenters. The van der Waals surface area contributed by atoms with E-state index in [9.17, 15) is 0 Å². The largest absolute Gasteiger partial charge is 0.396 e. The standard InChI is InChI=1S/C7H11N3O/c11-5-6-3-8-7-1-2-9-10(7)4-6/h1-2,6,8,11H,3-5H2. The maximum atomic E-state index is 8.87. The van der Waals surface area contributed by atoms with Crippen molar-refractivity contribution in [2.45, 2.75) is 6.54 Å². The predicted molar refractivity (Wildman–Crippen MR) is 41.3 cm³/mol. The number of fused-ring (bicyclic) bond motifs is 1. The number of rotatable bonds is 1. The second kappa shape index (κ2) is 2.54. The molecule has 0 amide bonds. The van der Waals surface area contributed by atoms with E-state index in [0.717, 1.165) is 18.9 Å². The van der Waals surface area contributed by atoms with Gasteiger partial charge in [-0.1, -0.05) is 0 Å². The number of hydrogen-bond donors (Lipinski definition) is 2. The Balaban J connectivity index is 2.18. The SMILES string of the molecule is OCC1CNc2ccnn2C1. The average Bonchev–Trinajstić information content (AvgIpc) is 2.50. The van der Waals surface area contributed by atoms with E-state index in [0.29, 0.717) is 5.92 Å². The number of aliphatic hydroxyl groups excluding tert-OH is 1. The first-order chi connectivity index (χ1) is 5.40. The number of nitrogens with one attached hydrogen (secondary N) is 1. The summed E-state index contributed by atoms with van der Waals surface area (Å²) in [7, 11) is 0. The highest BCUT2D eigenvalue weighted by atomic mass is 16.3. The fourth-order valence-electron chi connectivity index (χ4n) is 1.31. The van der Waals surface area contributed by atoms with E-state index in [-0.39, 0.29) is 6.61 Å². The van der Waals surface area contributed by atoms with E-state index < -0.39 is 0 Å². The molecule has 4 nitrogen and oxygen atoms in total. The van der Waals surface area contributed by atoms with Crippen molar-refractivity contribution in [3.8, 4) is 0 Å². The predicted octanol–water partition coefficient (Wildman–Crippen LogP) is -0.0829. The Hall–Kier alpha value is -1.03. The van der Waals surface area contributed by atoms with Gasteiger partial charge in [0.15, 0.2) is 0 Å². The highest BCUT2D eigenvalue weighted by Crippen LogP contribution is 2.15. The van der Waals surface area contributed by atoms with Crippen LogP contribution >= 0.6 is 0 Å². The number of nitrogens with zero attached hydrogens (tertiary/aromatic N) is 2. The first-order valence-electron chi connectivity index (χ1n) is 3.76. The van der Waals surface area contributed by atoms with Crippen molar-refractivity contribution in [1.29, 1.82) is 0 Å². The van der Waals surface area contributed by atoms with Gasteiger partial charge in [0.1, 0.15) is 5.82 Å². The van der Waals surface area contributed by atoms with Gasteiger partial charge in [-0.3, -0.25) is 0 Å². The van der Waals surface area contributed by atoms with Gasteiger partial charge in [-0.25, -0.2) is 4.68 Å². The molecule has 2 heterocycles. The molecule has 0 radical (unpaired) electrons. The number of aromatic nitrogens is 2. The van der Waals surface area contributed by atoms with Gasteiger partial charge in [-0.05, 0) is 0 Å². The summed E-state index contributed by atoms with van der Waals surface area (Å²) >= 11 is 0. The quantitative estimate of drug-likeness (QED) is 0.593. The van der Waals surface area contributed by atoms with Crippen LogP contribution in [0.4, 0.5) is 5.82 Å². The van der Waals surface area contributed by atoms with E-state index in [1.807, 2.05) is 10.7 Å². The first-order valence-corrected chi connectivity index (χ1v) is 3.76. The highest BCUT2D eigenvalue weighted by molar-refractivity contribution is 5.35. The summed E-state index contributed by atoms with van der Waals surface area (Å²) in [6.07, 6.45) is 1.77. The van der Waals surface area contributed by atoms with Gasteiger partial charge >= 0.3 is 0 Å². The summed E-state index contributed by atoms with van der Waals surface area (Å²) in [4.78, 5) is 0. The lowest BCUT2D eigenvalue weighted by Crippen LogP contribution is -2.29. The molecule has 0 aliphatic carbocycles. The summed E-state index contributed by atoms with van der Waals surface area (Å²) in [6.45, 7) is 1.90. The summed E-state index contributed by atoms with van der Waals surface area (Å²) in [5, 5.41) is 16.2. The Morgan fingerprint density at radius 2 is 2.73 bits per heavy atom. The van der Waals surface area contributed by atoms with Gasteiger partial charge < -0.3 is 10.4 Å². The molecule has 11 heavy (non-hydrogen) atoms. The van der Waals surface area contributed by atoms with E-state index in [4.69, 9.17) is 5.11 Å². The van der Waals surface area contributed by atoms with Crippen molar-refractivity contribution in [2.24, 2.45) is 5.92 Å². The molecule has 0 fully saturated rings. The minimum Gasteiger partial charge on any atom is -0.396 e. The van der Waals surface area contributed by atoms with Crippen LogP contribution in [0.25, 0.3) is 0 Å². The smallest absolute Gasteiger partial charge is 0.124 e. The summed E-state index contributed by atoms with van der Waals surface area (Å²) < 4.78 is 1.88. The molecule has 1 atom stereocenters. The average molecular weight is 153 g/mol. The Morgan fingerprint density at radius 3 is 3.55 bits per heavy atom. The van der Waals surface area contributed by atoms with Gasteiger partial charge in [0.2, 0.25) is 0 Å². The zero-order valence-corrected chi connectivity index (χ0v) is 6.20. The van der Waals surface area contributed by atoms with Gasteiger partial charge in [-0.2, -0.15) is 5.10 Å². The third-order valence-electron chi connectivity index (χ3n) is 1.98. The van der Waals surface area contributed by atoms with Crippen LogP contribution in [-0.4, -0.2) is 28.0 Å². The molecule has 4 heteroatoms. The third-order valence-corrected chi connectivity index (χ3v) is 1.98. The van der Waals surface area contributed by atoms with Crippen LogP contribution < -0.4 is 5.32 Å². The molecule has 1 aromatic rings. The number of aliphatic hydroxyl groups is 1. The normalized spacial score (nSPS) is 22.5. The Labute approximate surface area is 64.8 Å². The van der Waals surface area contributed by atoms with E-state index in [1.54, 1.807) is 6.20 Å². The van der Waals surface area contributed by atoms with Crippen molar-refractivity contribution < 1.29 is 5.11 Å². The van der Waals surface area contributed by atoms with Crippen LogP contribution in [0.2, 0.25) is 0 Å². The zero-order valence-electron chi connectivity index (χ0n) is 6.20. The summed E-state index contributed by atoms with van der Waals surface area (Å²) in [6, 6.07) is 1.94. The molecule has 0 spiro atoms. The highest BCUT2D eigenvalue weighted by Gasteiger charge is 2.16. The fourth-order valence-corrected chi connectivity index (χ4v) is 1.31. The Morgan fingerprint density at radius 1 is 1.82 bits per heavy atom. The molecule has 0 saturated heterocycles. The Kier molecular flexibility index (Phi) is 1.54. The number of hydrogen-bond acceptors (Lipinski definition) is 3. The van der Waals surface area contributed by atoms with Crippen LogP contribution in [0.15, 0.2) is 12.3 Å². The lowest BCUT2D eigenvalue weighted by atomic mass is 10.1. The lowest BCUT2D eigenvalue weighted by Gasteiger charge is -2.22. The molecular formula is C7H11N3O. The monoisotopic (exact) mass is 153 g/mol. The topological polar surface area (TPSA) is 50.1 Å². The molecule has 0 bridgehead atoms. The minimum atomic E-state index is 0.228. The van der Waals surface area contributed by atoms with E-state index >= 15 is 0 Å². The zero-order chi connectivity index (χ0) is 7.68. The van der Waals surface area contributed by atoms with Crippen molar-refractivity contribution in [3.63, 3.8) is 0 Å². The lowest BCUT2D eigenvalue weighted by molar-refractivity contribution is 0.209. The maximum absolute atomic E-state index is 8.87. The second-order valence-corrected chi connectivity index (χ2v) is 2.83. The molecule has 1 aliphatic heterocycles. The van der Waals surface area contributed by atoms with Crippen molar-refractivity contribution in [2.75, 3.05) is 18.5 Å². The van der Waals surface area contributed by atoms with E-state index in [2.05, 4.69) is 10.4 Å². The molecular weight excluding hydrogens is 142 g/mol. The summed E-state index contributed by atoms with van der Waals surface area (Å²) in [5.74, 6) is 1.36. The van der Waals surface area contributed by atoms with Gasteiger partial charge in [0.05, 0.1) is 6.20 Å². The minimum absolute atomic E-state index is 0.228. The van der Waals surface area contributed by atoms with Gasteiger partial charge in [-0.15, -0.1) is 0 Å². The van der Waals surface area contributed by atoms with Crippen LogP contribution in [0.5, 0.6) is 0 Å². The van der Waals surface area contributed by atoms with Crippen LogP contribution in [0.3, 0.4) is 0 Å². The molecule has 0 saturated carbocycles. The molecule has 0 aromatic carbocycles. The molecule has 1 aliphatic rings. The van der Waals surface area contributed by atoms with Crippen molar-refractivity contribution in [3.05, 3.63) is 12.3 Å². The summed E-state index contributed by atoms with van der Waals surface area (Å²) in [5.41, 5.74) is 0. The molecule has 1 aromatic heterocycles. The van der Waals surface area contributed by atoms with Crippen molar-refractivity contribution in [1.82, 2.24) is 9.78 Å². The van der Waals surface area contributed by atoms with Crippen LogP contribution in [-0.2, 0) is 6.54 Å².